The molecule has 0 unspecified atom stereocenters. The van der Waals surface area contributed by atoms with Crippen LogP contribution in [0.5, 0.6) is 5.75 Å². The number of benzene rings is 3. The van der Waals surface area contributed by atoms with Crippen LogP contribution in [-0.2, 0) is 27.5 Å². The van der Waals surface area contributed by atoms with Crippen LogP contribution >= 0.6 is 23.4 Å². The van der Waals surface area contributed by atoms with Gasteiger partial charge in [0.1, 0.15) is 5.75 Å². The molecule has 0 atom stereocenters. The molecule has 47 heavy (non-hydrogen) atoms. The Morgan fingerprint density at radius 2 is 1.72 bits per heavy atom. The van der Waals surface area contributed by atoms with Gasteiger partial charge in [0.15, 0.2) is 11.0 Å². The monoisotopic (exact) mass is 708 g/mol. The van der Waals surface area contributed by atoms with Gasteiger partial charge in [0.05, 0.1) is 46.3 Å². The first kappa shape index (κ1) is 34.2. The number of hydrogen-bond donors (Lipinski definition) is 2. The SMILES string of the molecule is COc1ccccc1-n1c(CNC(=O)c2ccc(S(=O)(=O)N3CCCC3)cc2)nnc1SCC(=O)Nc1cc(C(F)(F)F)ccc1Cl. The Morgan fingerprint density at radius 1 is 1.02 bits per heavy atom. The molecule has 2 heterocycles. The summed E-state index contributed by atoms with van der Waals surface area (Å²) in [4.78, 5) is 25.9. The smallest absolute Gasteiger partial charge is 0.416 e. The number of halogens is 4. The molecule has 248 valence electrons. The van der Waals surface area contributed by atoms with E-state index in [0.717, 1.165) is 42.8 Å². The number of methoxy groups -OCH3 is 1. The molecule has 1 aromatic heterocycles. The van der Waals surface area contributed by atoms with Crippen LogP contribution in [0.1, 0.15) is 34.6 Å². The number of rotatable bonds is 11. The fourth-order valence-corrected chi connectivity index (χ4v) is 7.24. The molecule has 4 aromatic rings. The van der Waals surface area contributed by atoms with E-state index in [1.54, 1.807) is 28.8 Å². The average molecular weight is 709 g/mol. The third-order valence-corrected chi connectivity index (χ3v) is 10.3. The predicted octanol–water partition coefficient (Wildman–Crippen LogP) is 5.39. The Kier molecular flexibility index (Phi) is 10.4. The van der Waals surface area contributed by atoms with E-state index in [2.05, 4.69) is 20.8 Å². The molecule has 0 radical (unpaired) electrons. The van der Waals surface area contributed by atoms with Crippen LogP contribution in [0.3, 0.4) is 0 Å². The van der Waals surface area contributed by atoms with Crippen LogP contribution in [-0.4, -0.2) is 65.3 Å². The van der Waals surface area contributed by atoms with E-state index in [1.165, 1.54) is 35.7 Å². The molecule has 0 bridgehead atoms. The maximum atomic E-state index is 13.2. The molecule has 1 aliphatic rings. The number of alkyl halides is 3. The van der Waals surface area contributed by atoms with Gasteiger partial charge in [0.25, 0.3) is 5.91 Å². The first-order valence-electron chi connectivity index (χ1n) is 14.1. The highest BCUT2D eigenvalue weighted by atomic mass is 35.5. The lowest BCUT2D eigenvalue weighted by Gasteiger charge is -2.16. The summed E-state index contributed by atoms with van der Waals surface area (Å²) < 4.78 is 73.6. The van der Waals surface area contributed by atoms with Crippen LogP contribution in [0, 0.1) is 0 Å². The second-order valence-electron chi connectivity index (χ2n) is 10.3. The summed E-state index contributed by atoms with van der Waals surface area (Å²) in [6.45, 7) is 0.823. The van der Waals surface area contributed by atoms with Crippen LogP contribution < -0.4 is 15.4 Å². The Labute approximate surface area is 277 Å². The van der Waals surface area contributed by atoms with Gasteiger partial charge in [0, 0.05) is 18.7 Å². The highest BCUT2D eigenvalue weighted by molar-refractivity contribution is 7.99. The van der Waals surface area contributed by atoms with Gasteiger partial charge >= 0.3 is 6.18 Å². The molecule has 11 nitrogen and oxygen atoms in total. The quantitative estimate of drug-likeness (QED) is 0.198. The van der Waals surface area contributed by atoms with Crippen molar-refractivity contribution in [2.45, 2.75) is 35.6 Å². The molecule has 17 heteroatoms. The van der Waals surface area contributed by atoms with Gasteiger partial charge in [-0.25, -0.2) is 8.42 Å². The Morgan fingerprint density at radius 3 is 2.40 bits per heavy atom. The number of anilines is 1. The van der Waals surface area contributed by atoms with Gasteiger partial charge in [-0.05, 0) is 67.4 Å². The van der Waals surface area contributed by atoms with E-state index in [0.29, 0.717) is 24.5 Å². The lowest BCUT2D eigenvalue weighted by atomic mass is 10.2. The Hall–Kier alpha value is -4.12. The van der Waals surface area contributed by atoms with Crippen molar-refractivity contribution in [1.29, 1.82) is 0 Å². The van der Waals surface area contributed by atoms with Crippen molar-refractivity contribution in [2.75, 3.05) is 31.3 Å². The van der Waals surface area contributed by atoms with Crippen molar-refractivity contribution in [3.8, 4) is 11.4 Å². The van der Waals surface area contributed by atoms with Gasteiger partial charge in [-0.2, -0.15) is 17.5 Å². The topological polar surface area (TPSA) is 136 Å². The molecule has 2 N–H and O–H groups in total. The largest absolute Gasteiger partial charge is 0.495 e. The summed E-state index contributed by atoms with van der Waals surface area (Å²) in [6, 6.07) is 15.2. The van der Waals surface area contributed by atoms with Gasteiger partial charge < -0.3 is 15.4 Å². The zero-order valence-electron chi connectivity index (χ0n) is 24.8. The molecule has 3 aromatic carbocycles. The van der Waals surface area contributed by atoms with Crippen molar-refractivity contribution in [2.24, 2.45) is 0 Å². The highest BCUT2D eigenvalue weighted by Gasteiger charge is 2.31. The summed E-state index contributed by atoms with van der Waals surface area (Å²) in [5.41, 5.74) is -0.420. The van der Waals surface area contributed by atoms with Crippen LogP contribution in [0.4, 0.5) is 18.9 Å². The van der Waals surface area contributed by atoms with Gasteiger partial charge in [-0.3, -0.25) is 14.2 Å². The molecular formula is C30H28ClF3N6O5S2. The van der Waals surface area contributed by atoms with E-state index in [9.17, 15) is 31.2 Å². The molecule has 0 spiro atoms. The van der Waals surface area contributed by atoms with Gasteiger partial charge in [-0.1, -0.05) is 35.5 Å². The Bertz CT molecular complexity index is 1880. The molecule has 2 amide bonds. The number of sulfonamides is 1. The minimum absolute atomic E-state index is 0.0607. The van der Waals surface area contributed by atoms with Crippen molar-refractivity contribution < 1.29 is 35.9 Å². The van der Waals surface area contributed by atoms with Crippen LogP contribution in [0.2, 0.25) is 5.02 Å². The van der Waals surface area contributed by atoms with Crippen molar-refractivity contribution >= 4 is 50.9 Å². The van der Waals surface area contributed by atoms with E-state index < -0.39 is 33.6 Å². The molecular weight excluding hydrogens is 681 g/mol. The second kappa shape index (κ2) is 14.3. The molecule has 0 aliphatic carbocycles. The number of thioether (sulfide) groups is 1. The minimum Gasteiger partial charge on any atom is -0.495 e. The zero-order chi connectivity index (χ0) is 33.8. The maximum Gasteiger partial charge on any atom is 0.416 e. The van der Waals surface area contributed by atoms with Crippen molar-refractivity contribution in [3.05, 3.63) is 88.7 Å². The molecule has 1 aliphatic heterocycles. The summed E-state index contributed by atoms with van der Waals surface area (Å²) >= 11 is 6.97. The van der Waals surface area contributed by atoms with Crippen LogP contribution in [0.25, 0.3) is 5.69 Å². The number of aromatic nitrogens is 3. The molecule has 1 fully saturated rings. The van der Waals surface area contributed by atoms with E-state index in [4.69, 9.17) is 16.3 Å². The van der Waals surface area contributed by atoms with Gasteiger partial charge in [-0.15, -0.1) is 10.2 Å². The number of ether oxygens (including phenoxy) is 1. The fourth-order valence-electron chi connectivity index (χ4n) is 4.80. The first-order chi connectivity index (χ1) is 22.4. The number of amides is 2. The number of carbonyl (C=O) groups excluding carboxylic acids is 2. The molecule has 5 rings (SSSR count). The summed E-state index contributed by atoms with van der Waals surface area (Å²) in [7, 11) is -2.16. The second-order valence-corrected chi connectivity index (χ2v) is 13.5. The zero-order valence-corrected chi connectivity index (χ0v) is 27.1. The maximum absolute atomic E-state index is 13.2. The number of carbonyl (C=O) groups is 2. The summed E-state index contributed by atoms with van der Waals surface area (Å²) in [5.74, 6) is -0.678. The van der Waals surface area contributed by atoms with Crippen molar-refractivity contribution in [1.82, 2.24) is 24.4 Å². The number of nitrogens with one attached hydrogen (secondary N) is 2. The number of hydrogen-bond acceptors (Lipinski definition) is 8. The molecule has 0 saturated carbocycles. The van der Waals surface area contributed by atoms with E-state index >= 15 is 0 Å². The fraction of sp³-hybridized carbons (Fsp3) is 0.267. The molecule has 1 saturated heterocycles. The van der Waals surface area contributed by atoms with Crippen molar-refractivity contribution in [3.63, 3.8) is 0 Å². The number of nitrogens with zero attached hydrogens (tertiary/aromatic N) is 4. The van der Waals surface area contributed by atoms with E-state index in [-0.39, 0.29) is 44.4 Å². The highest BCUT2D eigenvalue weighted by Crippen LogP contribution is 2.34. The van der Waals surface area contributed by atoms with E-state index in [1.807, 2.05) is 0 Å². The normalized spacial score (nSPS) is 13.8. The Balaban J connectivity index is 1.31. The lowest BCUT2D eigenvalue weighted by Crippen LogP contribution is -2.28. The summed E-state index contributed by atoms with van der Waals surface area (Å²) in [6.07, 6.45) is -3.00. The number of para-hydroxylation sites is 2. The average Bonchev–Trinajstić information content (AvgIpc) is 3.74. The van der Waals surface area contributed by atoms with Gasteiger partial charge in [0.2, 0.25) is 15.9 Å². The lowest BCUT2D eigenvalue weighted by molar-refractivity contribution is -0.137. The first-order valence-corrected chi connectivity index (χ1v) is 16.9. The third-order valence-electron chi connectivity index (χ3n) is 7.15. The van der Waals surface area contributed by atoms with Crippen LogP contribution in [0.15, 0.2) is 76.8 Å². The third kappa shape index (κ3) is 7.89. The minimum atomic E-state index is -4.62. The standard InChI is InChI=1S/C30H28ClF3N6O5S2/c1-45-25-7-3-2-6-24(25)40-26(17-35-28(42)19-8-11-21(12-9-19)47(43,44)39-14-4-5-15-39)37-38-29(40)46-18-27(41)36-23-16-20(30(32,33)34)10-13-22(23)31/h2-3,6-13,16H,4-5,14-15,17-18H2,1H3,(H,35,42)(H,36,41). The predicted molar refractivity (Wildman–Crippen MR) is 169 cm³/mol. The summed E-state index contributed by atoms with van der Waals surface area (Å²) in [5, 5.41) is 13.7.